The maximum Gasteiger partial charge on any atom is 0.0795 e. The van der Waals surface area contributed by atoms with Crippen LogP contribution >= 0.6 is 0 Å². The summed E-state index contributed by atoms with van der Waals surface area (Å²) in [4.78, 5) is 9.54. The fourth-order valence-electron chi connectivity index (χ4n) is 7.00. The molecule has 1 radical (unpaired) electrons. The quantitative estimate of drug-likeness (QED) is 0.112. The predicted molar refractivity (Wildman–Crippen MR) is 236 cm³/mol. The van der Waals surface area contributed by atoms with E-state index in [1.54, 1.807) is 6.07 Å². The van der Waals surface area contributed by atoms with Crippen molar-refractivity contribution in [2.24, 2.45) is 0 Å². The third kappa shape index (κ3) is 9.32. The van der Waals surface area contributed by atoms with Gasteiger partial charge < -0.3 is 9.55 Å². The van der Waals surface area contributed by atoms with E-state index < -0.39 is 8.07 Å². The molecule has 57 heavy (non-hydrogen) atoms. The Morgan fingerprint density at radius 3 is 1.79 bits per heavy atom. The molecule has 8 rings (SSSR count). The maximum absolute atomic E-state index is 12.8. The predicted octanol–water partition coefficient (Wildman–Crippen LogP) is 13.3. The molecular weight excluding hydrogens is 894 g/mol. The molecule has 2 heterocycles. The van der Waals surface area contributed by atoms with E-state index in [4.69, 9.17) is 4.98 Å². The third-order valence-electron chi connectivity index (χ3n) is 10.2. The minimum absolute atomic E-state index is 0. The van der Waals surface area contributed by atoms with Crippen LogP contribution in [-0.2, 0) is 20.1 Å². The number of benzene rings is 6. The summed E-state index contributed by atoms with van der Waals surface area (Å²) in [7, 11) is -1.30. The van der Waals surface area contributed by atoms with Gasteiger partial charge in [-0.25, -0.2) is 0 Å². The van der Waals surface area contributed by atoms with Crippen molar-refractivity contribution in [3.8, 4) is 50.6 Å². The Morgan fingerprint density at radius 1 is 0.614 bits per heavy atom. The van der Waals surface area contributed by atoms with Crippen molar-refractivity contribution in [1.82, 2.24) is 14.5 Å². The standard InChI is InChI=1S/C37H33N2.C14H15FNSi.Ir/c1-25(2)32-23-31(29-21-19-28(20-22-29)27-13-7-5-8-14-27)24-33(26(3)4)36(32)39-35-18-12-11-17-34(35)38-37(39)30-15-9-6-10-16-30;1-17(2,3)13-8-9-14(16-10-13)11-4-6-12(15)7-5-11;/h5-15,17-26H,1-4H3;4,6-10H,1-3H3;/q2*-1;. The molecule has 0 spiro atoms. The summed E-state index contributed by atoms with van der Waals surface area (Å²) in [5.41, 5.74) is 13.6. The molecule has 0 aliphatic carbocycles. The van der Waals surface area contributed by atoms with E-state index in [1.807, 2.05) is 24.4 Å². The molecule has 6 heteroatoms. The van der Waals surface area contributed by atoms with E-state index >= 15 is 0 Å². The van der Waals surface area contributed by atoms with Gasteiger partial charge in [-0.1, -0.05) is 126 Å². The average Bonchev–Trinajstić information content (AvgIpc) is 3.61. The maximum atomic E-state index is 12.8. The fraction of sp³-hybridized carbons (Fsp3) is 0.176. The molecule has 0 bridgehead atoms. The third-order valence-corrected chi connectivity index (χ3v) is 12.2. The second kappa shape index (κ2) is 17.9. The van der Waals surface area contributed by atoms with Gasteiger partial charge in [-0.3, -0.25) is 9.37 Å². The first-order chi connectivity index (χ1) is 27.0. The van der Waals surface area contributed by atoms with Crippen LogP contribution in [0.25, 0.3) is 61.6 Å². The van der Waals surface area contributed by atoms with E-state index in [0.717, 1.165) is 33.7 Å². The van der Waals surface area contributed by atoms with Gasteiger partial charge in [0, 0.05) is 37.8 Å². The number of halogens is 1. The van der Waals surface area contributed by atoms with Crippen molar-refractivity contribution in [1.29, 1.82) is 0 Å². The summed E-state index contributed by atoms with van der Waals surface area (Å²) in [5, 5.41) is 1.32. The molecule has 0 saturated carbocycles. The van der Waals surface area contributed by atoms with Crippen molar-refractivity contribution in [2.75, 3.05) is 0 Å². The molecule has 0 atom stereocenters. The molecule has 0 saturated heterocycles. The first kappa shape index (κ1) is 41.4. The van der Waals surface area contributed by atoms with Crippen LogP contribution in [0.5, 0.6) is 0 Å². The summed E-state index contributed by atoms with van der Waals surface area (Å²) in [5.74, 6) is 1.32. The fourth-order valence-corrected chi connectivity index (χ4v) is 8.03. The molecule has 2 aromatic heterocycles. The Bertz CT molecular complexity index is 2510. The number of rotatable bonds is 8. The summed E-state index contributed by atoms with van der Waals surface area (Å²) in [6.45, 7) is 16.0. The van der Waals surface area contributed by atoms with Crippen molar-refractivity contribution in [3.05, 3.63) is 181 Å². The monoisotopic (exact) mass is 942 g/mol. The molecule has 6 aromatic carbocycles. The SMILES string of the molecule is CC(C)c1cc(-c2ccc(-c3ccccc3)cc2)cc(C(C)C)c1-n1c(-c2[c-]cccc2)nc2ccccc21.C[Si](C)(C)c1ccc(-c2[c-]cc(F)cc2)nc1.[Ir]. The number of aromatic nitrogens is 3. The largest absolute Gasteiger partial charge is 0.333 e. The Labute approximate surface area is 352 Å². The van der Waals surface area contributed by atoms with Crippen LogP contribution < -0.4 is 5.19 Å². The van der Waals surface area contributed by atoms with Crippen molar-refractivity contribution in [3.63, 3.8) is 0 Å². The van der Waals surface area contributed by atoms with Gasteiger partial charge in [0.15, 0.2) is 0 Å². The molecule has 289 valence electrons. The second-order valence-corrected chi connectivity index (χ2v) is 21.0. The number of para-hydroxylation sites is 2. The van der Waals surface area contributed by atoms with Crippen molar-refractivity contribution < 1.29 is 24.5 Å². The minimum atomic E-state index is -1.30. The van der Waals surface area contributed by atoms with E-state index in [2.05, 4.69) is 178 Å². The van der Waals surface area contributed by atoms with Crippen LogP contribution in [-0.4, -0.2) is 22.6 Å². The van der Waals surface area contributed by atoms with Gasteiger partial charge in [-0.2, -0.15) is 0 Å². The first-order valence-corrected chi connectivity index (χ1v) is 22.9. The van der Waals surface area contributed by atoms with Gasteiger partial charge >= 0.3 is 0 Å². The van der Waals surface area contributed by atoms with Crippen molar-refractivity contribution >= 4 is 24.3 Å². The Morgan fingerprint density at radius 2 is 1.23 bits per heavy atom. The van der Waals surface area contributed by atoms with Gasteiger partial charge in [-0.15, -0.1) is 65.7 Å². The van der Waals surface area contributed by atoms with Crippen LogP contribution in [0, 0.1) is 17.9 Å². The zero-order valence-corrected chi connectivity index (χ0v) is 37.0. The molecule has 0 aliphatic heterocycles. The zero-order chi connectivity index (χ0) is 39.4. The van der Waals surface area contributed by atoms with Crippen molar-refractivity contribution in [2.45, 2.75) is 59.2 Å². The van der Waals surface area contributed by atoms with Crippen LogP contribution in [0.15, 0.2) is 152 Å². The summed E-state index contributed by atoms with van der Waals surface area (Å²) in [6.07, 6.45) is 1.93. The number of hydrogen-bond donors (Lipinski definition) is 0. The van der Waals surface area contributed by atoms with Crippen LogP contribution in [0.1, 0.15) is 50.7 Å². The van der Waals surface area contributed by atoms with E-state index in [1.165, 1.54) is 56.4 Å². The topological polar surface area (TPSA) is 30.7 Å². The van der Waals surface area contributed by atoms with E-state index in [0.29, 0.717) is 11.8 Å². The Kier molecular flexibility index (Phi) is 13.0. The molecule has 0 fully saturated rings. The van der Waals surface area contributed by atoms with Gasteiger partial charge in [0.05, 0.1) is 24.9 Å². The summed E-state index contributed by atoms with van der Waals surface area (Å²) < 4.78 is 15.1. The zero-order valence-electron chi connectivity index (χ0n) is 33.6. The van der Waals surface area contributed by atoms with E-state index in [9.17, 15) is 4.39 Å². The van der Waals surface area contributed by atoms with Gasteiger partial charge in [0.1, 0.15) is 0 Å². The number of hydrogen-bond acceptors (Lipinski definition) is 2. The number of imidazole rings is 1. The van der Waals surface area contributed by atoms with Gasteiger partial charge in [0.25, 0.3) is 0 Å². The summed E-state index contributed by atoms with van der Waals surface area (Å²) >= 11 is 0. The number of nitrogens with zero attached hydrogens (tertiary/aromatic N) is 3. The molecule has 8 aromatic rings. The molecule has 0 N–H and O–H groups in total. The van der Waals surface area contributed by atoms with Gasteiger partial charge in [0.2, 0.25) is 0 Å². The summed E-state index contributed by atoms with van der Waals surface area (Å²) in [6, 6.07) is 55.8. The smallest absolute Gasteiger partial charge is 0.0795 e. The second-order valence-electron chi connectivity index (χ2n) is 15.9. The number of pyridine rings is 1. The Balaban J connectivity index is 0.000000256. The normalized spacial score (nSPS) is 11.3. The number of fused-ring (bicyclic) bond motifs is 1. The molecule has 3 nitrogen and oxygen atoms in total. The minimum Gasteiger partial charge on any atom is -0.333 e. The molecule has 0 unspecified atom stereocenters. The Hall–Kier alpha value is -5.26. The van der Waals surface area contributed by atoms with Crippen LogP contribution in [0.2, 0.25) is 19.6 Å². The first-order valence-electron chi connectivity index (χ1n) is 19.4. The average molecular weight is 942 g/mol. The van der Waals surface area contributed by atoms with Gasteiger partial charge in [-0.05, 0) is 80.4 Å². The molecule has 0 amide bonds. The molecule has 0 aliphatic rings. The van der Waals surface area contributed by atoms with Crippen LogP contribution in [0.4, 0.5) is 4.39 Å². The molecular formula is C51H48FIrN3Si-2. The van der Waals surface area contributed by atoms with E-state index in [-0.39, 0.29) is 25.9 Å². The van der Waals surface area contributed by atoms with Crippen LogP contribution in [0.3, 0.4) is 0 Å².